The van der Waals surface area contributed by atoms with Gasteiger partial charge in [-0.2, -0.15) is 0 Å². The Balaban J connectivity index is 0.00000225. The van der Waals surface area contributed by atoms with Gasteiger partial charge in [0.15, 0.2) is 11.7 Å². The van der Waals surface area contributed by atoms with E-state index in [-0.39, 0.29) is 70.3 Å². The van der Waals surface area contributed by atoms with Crippen LogP contribution in [0.15, 0.2) is 15.9 Å². The molecule has 3 heterocycles. The van der Waals surface area contributed by atoms with E-state index in [4.69, 9.17) is 9.63 Å². The fourth-order valence-electron chi connectivity index (χ4n) is 2.56. The fraction of sp³-hybridized carbons (Fsp3) is 0.500. The summed E-state index contributed by atoms with van der Waals surface area (Å²) in [6, 6.07) is 0. The topological polar surface area (TPSA) is 252 Å². The molecule has 0 radical (unpaired) electrons. The number of fused-ring (bicyclic) bond motifs is 1. The Bertz CT molecular complexity index is 1100. The van der Waals surface area contributed by atoms with E-state index >= 15 is 0 Å². The number of aliphatic hydroxyl groups excluding tert-OH is 2. The average molecular weight is 488 g/mol. The monoisotopic (exact) mass is 488 g/mol. The summed E-state index contributed by atoms with van der Waals surface area (Å²) in [5.74, 6) is 0. The summed E-state index contributed by atoms with van der Waals surface area (Å²) in [6.07, 6.45) is -5.28. The standard InChI is InChI=1S/C10H14N4O12P2.2Na/c15-5-3(1-24-28(22,23)26-27(19,20)21)25-9(6(5)16)14-2-11-4-7(14)12-10(18)13-8(4)17;;/h2-3,5-6,9,15-16H,1H2,(H,22,23)(H2,19,20,21)(H2,12,13,17,18);;/q;2*+1/p-2/t3-,5?,6+,9-;;/m1../s1. The van der Waals surface area contributed by atoms with Crippen LogP contribution in [0.2, 0.25) is 0 Å². The van der Waals surface area contributed by atoms with Crippen LogP contribution < -0.4 is 80.2 Å². The molecule has 2 aromatic rings. The van der Waals surface area contributed by atoms with Gasteiger partial charge in [0.25, 0.3) is 21.2 Å². The molecule has 1 fully saturated rings. The second-order valence-electron chi connectivity index (χ2n) is 5.60. The number of ether oxygens (including phenoxy) is 1. The van der Waals surface area contributed by atoms with Crippen molar-refractivity contribution in [2.75, 3.05) is 6.61 Å². The number of rotatable bonds is 6. The van der Waals surface area contributed by atoms with Crippen molar-refractivity contribution in [3.8, 4) is 0 Å². The Morgan fingerprint density at radius 1 is 1.20 bits per heavy atom. The number of phosphoric ester groups is 1. The number of imidazole rings is 1. The Kier molecular flexibility index (Phi) is 9.90. The molecule has 1 saturated heterocycles. The van der Waals surface area contributed by atoms with Gasteiger partial charge in [-0.25, -0.2) is 14.1 Å². The minimum Gasteiger partial charge on any atom is -0.756 e. The van der Waals surface area contributed by atoms with Gasteiger partial charge in [-0.15, -0.1) is 0 Å². The van der Waals surface area contributed by atoms with E-state index < -0.39 is 58.0 Å². The maximum Gasteiger partial charge on any atom is 1.00 e. The number of aliphatic hydroxyl groups is 2. The number of H-pyrrole nitrogens is 2. The summed E-state index contributed by atoms with van der Waals surface area (Å²) in [5, 5.41) is 20.2. The van der Waals surface area contributed by atoms with Gasteiger partial charge in [0.2, 0.25) is 0 Å². The molecule has 1 aliphatic rings. The van der Waals surface area contributed by atoms with E-state index in [1.54, 1.807) is 0 Å². The third-order valence-corrected chi connectivity index (χ3v) is 5.77. The SMILES string of the molecule is O=c1[nH]c(=O)c2ncn([C@@H]3O[C@H](COP(=O)([O-])OP(=O)([O-])O)C(O)[C@@H]3O)c2[nH]1.[Na+].[Na+]. The average Bonchev–Trinajstić information content (AvgIpc) is 3.06. The van der Waals surface area contributed by atoms with E-state index in [2.05, 4.69) is 18.8 Å². The molecule has 0 amide bonds. The van der Waals surface area contributed by atoms with Crippen molar-refractivity contribution in [2.24, 2.45) is 0 Å². The molecular weight excluding hydrogens is 476 g/mol. The van der Waals surface area contributed by atoms with E-state index in [0.29, 0.717) is 0 Å². The molecule has 3 unspecified atom stereocenters. The van der Waals surface area contributed by atoms with E-state index in [1.807, 2.05) is 4.98 Å². The van der Waals surface area contributed by atoms with Crippen molar-refractivity contribution in [3.63, 3.8) is 0 Å². The summed E-state index contributed by atoms with van der Waals surface area (Å²) >= 11 is 0. The van der Waals surface area contributed by atoms with Crippen LogP contribution in [-0.4, -0.2) is 59.5 Å². The number of aromatic amines is 2. The molecule has 3 rings (SSSR count). The van der Waals surface area contributed by atoms with Crippen LogP contribution in [0.25, 0.3) is 11.2 Å². The normalized spacial score (nSPS) is 27.6. The molecule has 1 aliphatic heterocycles. The van der Waals surface area contributed by atoms with Crippen molar-refractivity contribution in [2.45, 2.75) is 24.5 Å². The first-order chi connectivity index (χ1) is 12.9. The first-order valence-corrected chi connectivity index (χ1v) is 10.2. The third kappa shape index (κ3) is 6.42. The molecule has 0 aliphatic carbocycles. The van der Waals surface area contributed by atoms with Gasteiger partial charge < -0.3 is 34.2 Å². The summed E-state index contributed by atoms with van der Waals surface area (Å²) in [6.45, 7) is -0.987. The number of hydrogen-bond acceptors (Lipinski definition) is 12. The van der Waals surface area contributed by atoms with Crippen molar-refractivity contribution < 1.29 is 107 Å². The second-order valence-corrected chi connectivity index (χ2v) is 8.34. The zero-order valence-corrected chi connectivity index (χ0v) is 21.2. The largest absolute Gasteiger partial charge is 1.00 e. The van der Waals surface area contributed by atoms with Gasteiger partial charge in [0, 0.05) is 0 Å². The number of phosphoric acid groups is 2. The van der Waals surface area contributed by atoms with E-state index in [9.17, 15) is 38.7 Å². The molecule has 0 spiro atoms. The van der Waals surface area contributed by atoms with Gasteiger partial charge in [-0.1, -0.05) is 0 Å². The Morgan fingerprint density at radius 2 is 1.83 bits per heavy atom. The Labute approximate surface area is 210 Å². The van der Waals surface area contributed by atoms with Gasteiger partial charge in [0.05, 0.1) is 12.9 Å². The fourth-order valence-corrected chi connectivity index (χ4v) is 4.09. The first kappa shape index (κ1) is 28.3. The summed E-state index contributed by atoms with van der Waals surface area (Å²) < 4.78 is 35.7. The predicted molar refractivity (Wildman–Crippen MR) is 81.4 cm³/mol. The van der Waals surface area contributed by atoms with Gasteiger partial charge >= 0.3 is 64.8 Å². The summed E-state index contributed by atoms with van der Waals surface area (Å²) in [7, 11) is -11.2. The Morgan fingerprint density at radius 3 is 2.43 bits per heavy atom. The van der Waals surface area contributed by atoms with Gasteiger partial charge in [0.1, 0.15) is 24.0 Å². The molecule has 6 atom stereocenters. The maximum atomic E-state index is 11.7. The molecule has 0 bridgehead atoms. The van der Waals surface area contributed by atoms with Crippen LogP contribution in [0.4, 0.5) is 0 Å². The predicted octanol–water partition coefficient (Wildman–Crippen LogP) is -10.00. The minimum absolute atomic E-state index is 0. The summed E-state index contributed by atoms with van der Waals surface area (Å²) in [4.78, 5) is 61.2. The molecule has 5 N–H and O–H groups in total. The summed E-state index contributed by atoms with van der Waals surface area (Å²) in [5.41, 5.74) is -2.03. The van der Waals surface area contributed by atoms with E-state index in [0.717, 1.165) is 10.9 Å². The zero-order chi connectivity index (χ0) is 20.9. The minimum atomic E-state index is -5.65. The quantitative estimate of drug-likeness (QED) is 0.187. The van der Waals surface area contributed by atoms with Crippen molar-refractivity contribution in [1.82, 2.24) is 19.5 Å². The van der Waals surface area contributed by atoms with Crippen molar-refractivity contribution in [3.05, 3.63) is 27.2 Å². The van der Waals surface area contributed by atoms with Crippen molar-refractivity contribution in [1.29, 1.82) is 0 Å². The zero-order valence-electron chi connectivity index (χ0n) is 15.4. The molecule has 0 aromatic carbocycles. The van der Waals surface area contributed by atoms with Crippen LogP contribution in [0.1, 0.15) is 6.23 Å². The maximum absolute atomic E-state index is 11.7. The molecule has 2 aromatic heterocycles. The molecular formula is C10H12N4Na2O12P2. The number of aromatic nitrogens is 4. The van der Waals surface area contributed by atoms with Crippen LogP contribution in [0.3, 0.4) is 0 Å². The van der Waals surface area contributed by atoms with Crippen LogP contribution in [0.5, 0.6) is 0 Å². The molecule has 16 nitrogen and oxygen atoms in total. The molecule has 30 heavy (non-hydrogen) atoms. The second kappa shape index (κ2) is 10.5. The van der Waals surface area contributed by atoms with Crippen LogP contribution in [0, 0.1) is 0 Å². The van der Waals surface area contributed by atoms with Crippen LogP contribution >= 0.6 is 15.6 Å². The van der Waals surface area contributed by atoms with E-state index in [1.165, 1.54) is 0 Å². The number of nitrogens with zero attached hydrogens (tertiary/aromatic N) is 2. The Hall–Kier alpha value is 0.290. The molecule has 20 heteroatoms. The first-order valence-electron chi connectivity index (χ1n) is 7.29. The number of nitrogens with one attached hydrogen (secondary N) is 2. The third-order valence-electron chi connectivity index (χ3n) is 3.68. The number of hydrogen-bond donors (Lipinski definition) is 5. The molecule has 0 saturated carbocycles. The van der Waals surface area contributed by atoms with Crippen molar-refractivity contribution >= 4 is 26.8 Å². The van der Waals surface area contributed by atoms with Gasteiger partial charge in [-0.05, 0) is 0 Å². The molecule has 156 valence electrons. The van der Waals surface area contributed by atoms with Gasteiger partial charge in [-0.3, -0.25) is 28.5 Å². The smallest absolute Gasteiger partial charge is 0.756 e. The van der Waals surface area contributed by atoms with Crippen LogP contribution in [-0.2, 0) is 22.7 Å².